The molecular formula is C22H22BBr4NaO5-. The quantitative estimate of drug-likeness (QED) is 0.174. The van der Waals surface area contributed by atoms with Crippen LogP contribution in [0.4, 0.5) is 0 Å². The number of aliphatic hydroxyl groups is 1. The Morgan fingerprint density at radius 3 is 1.91 bits per heavy atom. The van der Waals surface area contributed by atoms with E-state index in [1.807, 2.05) is 30.3 Å². The molecule has 0 spiro atoms. The van der Waals surface area contributed by atoms with Crippen LogP contribution in [0.25, 0.3) is 21.9 Å². The predicted octanol–water partition coefficient (Wildman–Crippen LogP) is 5.41. The number of ether oxygens (including phenoxy) is 1. The Morgan fingerprint density at radius 2 is 1.42 bits per heavy atom. The van der Waals surface area contributed by atoms with E-state index in [1.54, 1.807) is 13.0 Å². The van der Waals surface area contributed by atoms with Crippen LogP contribution < -0.4 is 29.6 Å². The van der Waals surface area contributed by atoms with Crippen molar-refractivity contribution in [3.63, 3.8) is 0 Å². The summed E-state index contributed by atoms with van der Waals surface area (Å²) < 4.78 is 19.3. The van der Waals surface area contributed by atoms with Gasteiger partial charge in [-0.25, -0.2) is 4.79 Å². The van der Waals surface area contributed by atoms with E-state index in [2.05, 4.69) is 63.7 Å². The average molecular weight is 720 g/mol. The molecule has 4 rings (SSSR count). The van der Waals surface area contributed by atoms with Crippen molar-refractivity contribution in [2.24, 2.45) is 0 Å². The zero-order valence-electron chi connectivity index (χ0n) is 18.5. The minimum Gasteiger partial charge on any atom is -1.00 e. The van der Waals surface area contributed by atoms with Gasteiger partial charge in [0.2, 0.25) is 5.76 Å². The monoisotopic (exact) mass is 716 g/mol. The molecule has 0 saturated heterocycles. The topological polar surface area (TPSA) is 72.8 Å². The molecule has 4 aromatic rings. The van der Waals surface area contributed by atoms with E-state index in [4.69, 9.17) is 18.7 Å². The Kier molecular flexibility index (Phi) is 16.8. The Balaban J connectivity index is -0.000000499. The molecule has 3 radical (unpaired) electrons. The molecule has 11 heteroatoms. The largest absolute Gasteiger partial charge is 1.00 e. The summed E-state index contributed by atoms with van der Waals surface area (Å²) in [5.74, 6) is 0.353. The molecule has 2 aromatic carbocycles. The first kappa shape index (κ1) is 35.1. The van der Waals surface area contributed by atoms with Crippen LogP contribution in [0.15, 0.2) is 63.1 Å². The van der Waals surface area contributed by atoms with Crippen molar-refractivity contribution in [1.82, 2.24) is 0 Å². The summed E-state index contributed by atoms with van der Waals surface area (Å²) >= 11 is 13.5. The van der Waals surface area contributed by atoms with Crippen LogP contribution in [0.1, 0.15) is 32.1 Å². The molecule has 0 fully saturated rings. The van der Waals surface area contributed by atoms with Crippen LogP contribution in [0, 0.1) is 7.43 Å². The van der Waals surface area contributed by atoms with E-state index in [9.17, 15) is 4.79 Å². The Morgan fingerprint density at radius 1 is 0.939 bits per heavy atom. The van der Waals surface area contributed by atoms with Gasteiger partial charge in [-0.1, -0.05) is 39.3 Å². The summed E-state index contributed by atoms with van der Waals surface area (Å²) in [6.07, 6.45) is 0. The first-order valence-electron chi connectivity index (χ1n) is 8.36. The van der Waals surface area contributed by atoms with Crippen molar-refractivity contribution in [3.05, 3.63) is 73.2 Å². The number of carbonyl (C=O) groups is 1. The Hall–Kier alpha value is -0.0651. The number of hydrogen-bond donors (Lipinski definition) is 1. The standard InChI is InChI=1S/C11H8Br2O3.C9H6Br2O2.CH4.CH3.B.Na.H/c1-2-15-11(14)9-4-6-3-7(12)5-8(13)10(6)16-9;10-6-1-5-2-7(4-12)13-9(5)8(11)3-6;;;;;/h3-5H,2H2,1H3;1-3,12H,4H2;1H4;1H3;;;/q;;;-1;;+1;-1. The molecule has 1 N–H and O–H groups in total. The van der Waals surface area contributed by atoms with Crippen molar-refractivity contribution in [3.8, 4) is 0 Å². The first-order chi connectivity index (χ1) is 13.8. The number of esters is 1. The number of rotatable bonds is 3. The zero-order valence-corrected chi connectivity index (χ0v) is 25.9. The van der Waals surface area contributed by atoms with Gasteiger partial charge >= 0.3 is 35.5 Å². The van der Waals surface area contributed by atoms with Gasteiger partial charge in [-0.3, -0.25) is 0 Å². The van der Waals surface area contributed by atoms with Gasteiger partial charge < -0.3 is 27.5 Å². The van der Waals surface area contributed by atoms with Crippen molar-refractivity contribution >= 4 is 100 Å². The Labute approximate surface area is 252 Å². The predicted molar refractivity (Wildman–Crippen MR) is 145 cm³/mol. The normalized spacial score (nSPS) is 9.52. The molecule has 33 heavy (non-hydrogen) atoms. The van der Waals surface area contributed by atoms with E-state index >= 15 is 0 Å². The van der Waals surface area contributed by atoms with Crippen molar-refractivity contribution in [1.29, 1.82) is 0 Å². The van der Waals surface area contributed by atoms with Crippen molar-refractivity contribution < 1.29 is 54.5 Å². The van der Waals surface area contributed by atoms with E-state index in [0.717, 1.165) is 34.2 Å². The summed E-state index contributed by atoms with van der Waals surface area (Å²) in [5, 5.41) is 10.7. The molecule has 0 saturated carbocycles. The summed E-state index contributed by atoms with van der Waals surface area (Å²) in [4.78, 5) is 11.5. The Bertz CT molecular complexity index is 1200. The SMILES string of the molecule is C.CCOC(=O)c1cc2cc(Br)cc(Br)c2o1.OCc1cc2cc(Br)cc(Br)c2o1.[B].[CH3-].[H-].[Na+]. The molecule has 0 amide bonds. The van der Waals surface area contributed by atoms with Crippen LogP contribution >= 0.6 is 63.7 Å². The molecular weight excluding hydrogens is 698 g/mol. The van der Waals surface area contributed by atoms with E-state index in [0.29, 0.717) is 18.0 Å². The summed E-state index contributed by atoms with van der Waals surface area (Å²) in [6.45, 7) is 2.02. The number of hydrogen-bond acceptors (Lipinski definition) is 5. The third kappa shape index (κ3) is 8.83. The fourth-order valence-corrected chi connectivity index (χ4v) is 5.26. The minimum atomic E-state index is -0.443. The number of fused-ring (bicyclic) bond motifs is 2. The van der Waals surface area contributed by atoms with Gasteiger partial charge in [-0.05, 0) is 75.2 Å². The molecule has 0 atom stereocenters. The maximum absolute atomic E-state index is 11.5. The number of halogens is 4. The third-order valence-corrected chi connectivity index (χ3v) is 5.85. The second kappa shape index (κ2) is 15.8. The maximum atomic E-state index is 11.5. The summed E-state index contributed by atoms with van der Waals surface area (Å²) in [6, 6.07) is 11.1. The van der Waals surface area contributed by atoms with Crippen molar-refractivity contribution in [2.45, 2.75) is 21.0 Å². The molecule has 173 valence electrons. The fourth-order valence-electron chi connectivity index (χ4n) is 2.59. The second-order valence-electron chi connectivity index (χ2n) is 5.81. The van der Waals surface area contributed by atoms with Gasteiger partial charge in [0.25, 0.3) is 0 Å². The molecule has 0 aliphatic carbocycles. The number of furan rings is 2. The van der Waals surface area contributed by atoms with Gasteiger partial charge in [0.1, 0.15) is 23.5 Å². The summed E-state index contributed by atoms with van der Waals surface area (Å²) in [7, 11) is 0. The molecule has 5 nitrogen and oxygen atoms in total. The van der Waals surface area contributed by atoms with Gasteiger partial charge in [-0.15, -0.1) is 0 Å². The molecule has 0 aliphatic rings. The van der Waals surface area contributed by atoms with Crippen LogP contribution in [-0.4, -0.2) is 26.1 Å². The first-order valence-corrected chi connectivity index (χ1v) is 11.5. The van der Waals surface area contributed by atoms with E-state index in [1.165, 1.54) is 0 Å². The van der Waals surface area contributed by atoms with Crippen LogP contribution in [0.5, 0.6) is 0 Å². The fraction of sp³-hybridized carbons (Fsp3) is 0.182. The molecule has 2 aromatic heterocycles. The molecule has 0 unspecified atom stereocenters. The van der Waals surface area contributed by atoms with Crippen LogP contribution in [0.2, 0.25) is 0 Å². The molecule has 0 bridgehead atoms. The van der Waals surface area contributed by atoms with Crippen LogP contribution in [0.3, 0.4) is 0 Å². The minimum absolute atomic E-state index is 0. The molecule has 2 heterocycles. The van der Waals surface area contributed by atoms with Gasteiger partial charge in [0.15, 0.2) is 0 Å². The van der Waals surface area contributed by atoms with E-state index in [-0.39, 0.29) is 66.6 Å². The zero-order chi connectivity index (χ0) is 21.1. The number of carbonyl (C=O) groups excluding carboxylic acids is 1. The van der Waals surface area contributed by atoms with E-state index < -0.39 is 5.97 Å². The summed E-state index contributed by atoms with van der Waals surface area (Å²) in [5.41, 5.74) is 1.42. The number of benzene rings is 2. The van der Waals surface area contributed by atoms with Gasteiger partial charge in [-0.2, -0.15) is 0 Å². The van der Waals surface area contributed by atoms with Crippen LogP contribution in [-0.2, 0) is 11.3 Å². The van der Waals surface area contributed by atoms with Crippen molar-refractivity contribution in [2.75, 3.05) is 6.61 Å². The third-order valence-electron chi connectivity index (χ3n) is 3.75. The average Bonchev–Trinajstić information content (AvgIpc) is 3.26. The second-order valence-corrected chi connectivity index (χ2v) is 9.35. The van der Waals surface area contributed by atoms with Gasteiger partial charge in [0.05, 0.1) is 15.6 Å². The maximum Gasteiger partial charge on any atom is 1.00 e. The smallest absolute Gasteiger partial charge is 1.00 e. The van der Waals surface area contributed by atoms with Gasteiger partial charge in [0, 0.05) is 28.1 Å². The molecule has 0 aliphatic heterocycles. The number of aliphatic hydroxyl groups excluding tert-OH is 1.